The molecule has 0 aliphatic heterocycles. The van der Waals surface area contributed by atoms with Crippen molar-refractivity contribution in [3.8, 4) is 0 Å². The number of rotatable bonds is 3. The highest BCUT2D eigenvalue weighted by molar-refractivity contribution is 7.70. The van der Waals surface area contributed by atoms with Crippen LogP contribution >= 0.6 is 19.5 Å². The molecule has 15 heavy (non-hydrogen) atoms. The number of benzene rings is 1. The molecule has 0 saturated carbocycles. The Hall–Kier alpha value is -0.300. The van der Waals surface area contributed by atoms with Gasteiger partial charge in [0.25, 0.3) is 0 Å². The highest BCUT2D eigenvalue weighted by Crippen LogP contribution is 2.34. The lowest BCUT2D eigenvalue weighted by Crippen LogP contribution is -2.18. The van der Waals surface area contributed by atoms with Crippen molar-refractivity contribution < 1.29 is 4.57 Å². The van der Waals surface area contributed by atoms with Gasteiger partial charge in [0.2, 0.25) is 0 Å². The number of halogens is 1. The number of hydrogen-bond donors (Lipinski definition) is 1. The second-order valence-electron chi connectivity index (χ2n) is 4.20. The lowest BCUT2D eigenvalue weighted by atomic mass is 10.1. The summed E-state index contributed by atoms with van der Waals surface area (Å²) in [5, 5.41) is 0.940. The standard InChI is InChI=1S/C11H18NOP.ClH/c1-9(12)7-10-5-4-6-11(8-10)14(2,3)13;/h4-6,8-9H,7,12H2,1-3H3;1H. The molecular weight excluding hydrogens is 229 g/mol. The first-order valence-electron chi connectivity index (χ1n) is 4.79. The molecule has 0 radical (unpaired) electrons. The third-order valence-electron chi connectivity index (χ3n) is 2.09. The fraction of sp³-hybridized carbons (Fsp3) is 0.455. The van der Waals surface area contributed by atoms with Gasteiger partial charge in [-0.3, -0.25) is 0 Å². The van der Waals surface area contributed by atoms with Crippen LogP contribution in [0.15, 0.2) is 24.3 Å². The van der Waals surface area contributed by atoms with E-state index in [1.54, 1.807) is 13.3 Å². The summed E-state index contributed by atoms with van der Waals surface area (Å²) in [6.45, 7) is 5.56. The van der Waals surface area contributed by atoms with E-state index in [2.05, 4.69) is 0 Å². The summed E-state index contributed by atoms with van der Waals surface area (Å²) in [7, 11) is -2.13. The van der Waals surface area contributed by atoms with Crippen LogP contribution in [0.1, 0.15) is 12.5 Å². The van der Waals surface area contributed by atoms with Gasteiger partial charge in [0.1, 0.15) is 7.14 Å². The average molecular weight is 248 g/mol. The van der Waals surface area contributed by atoms with Crippen LogP contribution in [0.4, 0.5) is 0 Å². The summed E-state index contributed by atoms with van der Waals surface area (Å²) in [4.78, 5) is 0. The average Bonchev–Trinajstić information content (AvgIpc) is 2.01. The Balaban J connectivity index is 0.00000196. The van der Waals surface area contributed by atoms with Crippen molar-refractivity contribution in [3.63, 3.8) is 0 Å². The molecule has 0 fully saturated rings. The first kappa shape index (κ1) is 14.7. The van der Waals surface area contributed by atoms with Gasteiger partial charge in [-0.25, -0.2) is 0 Å². The van der Waals surface area contributed by atoms with Crippen LogP contribution in [-0.4, -0.2) is 19.4 Å². The Morgan fingerprint density at radius 1 is 1.40 bits per heavy atom. The molecule has 0 heterocycles. The van der Waals surface area contributed by atoms with Crippen LogP contribution in [0.25, 0.3) is 0 Å². The van der Waals surface area contributed by atoms with Gasteiger partial charge in [0, 0.05) is 11.3 Å². The molecular formula is C11H19ClNOP. The maximum absolute atomic E-state index is 11.8. The quantitative estimate of drug-likeness (QED) is 0.833. The van der Waals surface area contributed by atoms with Crippen molar-refractivity contribution >= 4 is 24.9 Å². The number of hydrogen-bond acceptors (Lipinski definition) is 2. The van der Waals surface area contributed by atoms with E-state index >= 15 is 0 Å². The van der Waals surface area contributed by atoms with E-state index in [1.807, 2.05) is 31.2 Å². The smallest absolute Gasteiger partial charge is 0.109 e. The van der Waals surface area contributed by atoms with Crippen LogP contribution in [0.2, 0.25) is 0 Å². The SMILES string of the molecule is CC(N)Cc1cccc(P(C)(C)=O)c1.Cl. The summed E-state index contributed by atoms with van der Waals surface area (Å²) >= 11 is 0. The van der Waals surface area contributed by atoms with Crippen molar-refractivity contribution in [2.24, 2.45) is 5.73 Å². The predicted molar refractivity (Wildman–Crippen MR) is 70.1 cm³/mol. The van der Waals surface area contributed by atoms with Crippen molar-refractivity contribution in [3.05, 3.63) is 29.8 Å². The normalized spacial score (nSPS) is 13.1. The molecule has 0 aliphatic rings. The molecule has 0 spiro atoms. The summed E-state index contributed by atoms with van der Waals surface area (Å²) < 4.78 is 11.8. The third-order valence-corrected chi connectivity index (χ3v) is 3.61. The lowest BCUT2D eigenvalue weighted by Gasteiger charge is -2.10. The molecule has 1 aromatic rings. The van der Waals surface area contributed by atoms with Crippen LogP contribution < -0.4 is 11.0 Å². The maximum Gasteiger partial charge on any atom is 0.109 e. The molecule has 0 amide bonds. The van der Waals surface area contributed by atoms with Gasteiger partial charge >= 0.3 is 0 Å². The Morgan fingerprint density at radius 2 is 2.00 bits per heavy atom. The Morgan fingerprint density at radius 3 is 2.47 bits per heavy atom. The minimum Gasteiger partial charge on any atom is -0.328 e. The summed E-state index contributed by atoms with van der Waals surface area (Å²) in [5.74, 6) is 0. The van der Waals surface area contributed by atoms with E-state index in [0.29, 0.717) is 0 Å². The minimum absolute atomic E-state index is 0. The second kappa shape index (κ2) is 5.69. The molecule has 4 heteroatoms. The van der Waals surface area contributed by atoms with Crippen molar-refractivity contribution in [2.75, 3.05) is 13.3 Å². The highest BCUT2D eigenvalue weighted by atomic mass is 35.5. The van der Waals surface area contributed by atoms with E-state index in [4.69, 9.17) is 5.73 Å². The van der Waals surface area contributed by atoms with Gasteiger partial charge in [0.05, 0.1) is 0 Å². The van der Waals surface area contributed by atoms with E-state index in [-0.39, 0.29) is 18.4 Å². The lowest BCUT2D eigenvalue weighted by molar-refractivity contribution is 0.588. The molecule has 0 saturated heterocycles. The molecule has 86 valence electrons. The topological polar surface area (TPSA) is 43.1 Å². The van der Waals surface area contributed by atoms with E-state index in [9.17, 15) is 4.57 Å². The van der Waals surface area contributed by atoms with Crippen LogP contribution in [-0.2, 0) is 11.0 Å². The first-order chi connectivity index (χ1) is 6.39. The third kappa shape index (κ3) is 4.83. The molecule has 0 aromatic heterocycles. The van der Waals surface area contributed by atoms with Gasteiger partial charge in [-0.2, -0.15) is 0 Å². The van der Waals surface area contributed by atoms with Gasteiger partial charge in [-0.1, -0.05) is 18.2 Å². The highest BCUT2D eigenvalue weighted by Gasteiger charge is 2.11. The van der Waals surface area contributed by atoms with Crippen LogP contribution in [0, 0.1) is 0 Å². The summed E-state index contributed by atoms with van der Waals surface area (Å²) in [6.07, 6.45) is 0.841. The molecule has 0 bridgehead atoms. The van der Waals surface area contributed by atoms with Gasteiger partial charge in [0.15, 0.2) is 0 Å². The molecule has 1 atom stereocenters. The largest absolute Gasteiger partial charge is 0.328 e. The van der Waals surface area contributed by atoms with Crippen LogP contribution in [0.5, 0.6) is 0 Å². The zero-order valence-electron chi connectivity index (χ0n) is 9.43. The van der Waals surface area contributed by atoms with Gasteiger partial charge < -0.3 is 10.3 Å². The van der Waals surface area contributed by atoms with E-state index < -0.39 is 7.14 Å². The van der Waals surface area contributed by atoms with Gasteiger partial charge in [-0.05, 0) is 38.3 Å². The Labute approximate surface area is 98.0 Å². The monoisotopic (exact) mass is 247 g/mol. The van der Waals surface area contributed by atoms with Crippen LogP contribution in [0.3, 0.4) is 0 Å². The Kier molecular flexibility index (Phi) is 5.58. The molecule has 1 aromatic carbocycles. The first-order valence-corrected chi connectivity index (χ1v) is 7.40. The summed E-state index contributed by atoms with van der Waals surface area (Å²) in [6, 6.07) is 8.06. The zero-order chi connectivity index (χ0) is 10.8. The fourth-order valence-electron chi connectivity index (χ4n) is 1.39. The fourth-order valence-corrected chi connectivity index (χ4v) is 2.31. The predicted octanol–water partition coefficient (Wildman–Crippen LogP) is 2.25. The van der Waals surface area contributed by atoms with Gasteiger partial charge in [-0.15, -0.1) is 12.4 Å². The summed E-state index contributed by atoms with van der Waals surface area (Å²) in [5.41, 5.74) is 6.88. The minimum atomic E-state index is -2.13. The molecule has 1 unspecified atom stereocenters. The molecule has 2 N–H and O–H groups in total. The zero-order valence-corrected chi connectivity index (χ0v) is 11.1. The molecule has 2 nitrogen and oxygen atoms in total. The maximum atomic E-state index is 11.8. The van der Waals surface area contributed by atoms with E-state index in [0.717, 1.165) is 11.7 Å². The van der Waals surface area contributed by atoms with E-state index in [1.165, 1.54) is 5.56 Å². The van der Waals surface area contributed by atoms with Crippen molar-refractivity contribution in [1.82, 2.24) is 0 Å². The van der Waals surface area contributed by atoms with Crippen molar-refractivity contribution in [1.29, 1.82) is 0 Å². The molecule has 0 aliphatic carbocycles. The Bertz CT molecular complexity index is 359. The second-order valence-corrected chi connectivity index (χ2v) is 7.42. The molecule has 1 rings (SSSR count). The van der Waals surface area contributed by atoms with Crippen molar-refractivity contribution in [2.45, 2.75) is 19.4 Å². The number of nitrogens with two attached hydrogens (primary N) is 1.